The molecule has 0 bridgehead atoms. The molecule has 8 heteroatoms. The lowest BCUT2D eigenvalue weighted by atomic mass is 9.94. The fourth-order valence-corrected chi connectivity index (χ4v) is 4.62. The molecule has 7 nitrogen and oxygen atoms in total. The third kappa shape index (κ3) is 5.57. The lowest BCUT2D eigenvalue weighted by Gasteiger charge is -2.33. The Kier molecular flexibility index (Phi) is 7.67. The van der Waals surface area contributed by atoms with E-state index in [0.717, 1.165) is 43.0 Å². The van der Waals surface area contributed by atoms with E-state index in [1.807, 2.05) is 37.3 Å². The molecule has 1 aromatic heterocycles. The van der Waals surface area contributed by atoms with Gasteiger partial charge in [0.05, 0.1) is 24.5 Å². The second-order valence-electron chi connectivity index (χ2n) is 8.05. The number of aromatic nitrogens is 2. The molecule has 1 atom stereocenters. The summed E-state index contributed by atoms with van der Waals surface area (Å²) in [4.78, 5) is 28.9. The van der Waals surface area contributed by atoms with E-state index < -0.39 is 6.04 Å². The average molecular weight is 465 g/mol. The predicted octanol–water partition coefficient (Wildman–Crippen LogP) is 4.77. The first-order valence-electron chi connectivity index (χ1n) is 11.4. The number of carbonyl (C=O) groups is 2. The molecule has 1 N–H and O–H groups in total. The summed E-state index contributed by atoms with van der Waals surface area (Å²) in [5, 5.41) is 3.21. The first kappa shape index (κ1) is 22.9. The Morgan fingerprint density at radius 3 is 2.45 bits per heavy atom. The summed E-state index contributed by atoms with van der Waals surface area (Å²) >= 11 is 0.966. The van der Waals surface area contributed by atoms with Gasteiger partial charge in [-0.15, -0.1) is 0 Å². The molecular weight excluding hydrogens is 436 g/mol. The van der Waals surface area contributed by atoms with Gasteiger partial charge in [-0.05, 0) is 49.6 Å². The summed E-state index contributed by atoms with van der Waals surface area (Å²) < 4.78 is 13.7. The van der Waals surface area contributed by atoms with Gasteiger partial charge in [-0.3, -0.25) is 14.5 Å². The molecule has 0 saturated heterocycles. The van der Waals surface area contributed by atoms with Crippen LogP contribution in [0.2, 0.25) is 0 Å². The van der Waals surface area contributed by atoms with Gasteiger partial charge in [-0.2, -0.15) is 8.75 Å². The average Bonchev–Trinajstić information content (AvgIpc) is 3.39. The third-order valence-corrected chi connectivity index (χ3v) is 6.28. The molecule has 1 heterocycles. The van der Waals surface area contributed by atoms with Crippen molar-refractivity contribution in [2.45, 2.75) is 51.1 Å². The minimum Gasteiger partial charge on any atom is -0.494 e. The van der Waals surface area contributed by atoms with Gasteiger partial charge in [0.15, 0.2) is 5.69 Å². The predicted molar refractivity (Wildman–Crippen MR) is 129 cm³/mol. The van der Waals surface area contributed by atoms with E-state index in [4.69, 9.17) is 4.74 Å². The van der Waals surface area contributed by atoms with E-state index >= 15 is 0 Å². The van der Waals surface area contributed by atoms with Crippen LogP contribution in [-0.4, -0.2) is 33.2 Å². The summed E-state index contributed by atoms with van der Waals surface area (Å²) in [6.07, 6.45) is 6.76. The minimum atomic E-state index is -0.847. The van der Waals surface area contributed by atoms with Gasteiger partial charge in [-0.25, -0.2) is 0 Å². The number of benzene rings is 2. The number of rotatable bonds is 8. The van der Waals surface area contributed by atoms with E-state index in [0.29, 0.717) is 18.0 Å². The van der Waals surface area contributed by atoms with Crippen molar-refractivity contribution in [3.05, 3.63) is 72.1 Å². The Hall–Kier alpha value is -3.26. The number of hydrogen-bond donors (Lipinski definition) is 1. The van der Waals surface area contributed by atoms with Crippen LogP contribution in [0, 0.1) is 0 Å². The number of nitrogens with one attached hydrogen (secondary N) is 1. The quantitative estimate of drug-likeness (QED) is 0.519. The number of hydrogen-bond acceptors (Lipinski definition) is 6. The van der Waals surface area contributed by atoms with Crippen LogP contribution in [0.3, 0.4) is 0 Å². The van der Waals surface area contributed by atoms with Crippen LogP contribution < -0.4 is 15.0 Å². The topological polar surface area (TPSA) is 84.4 Å². The number of nitrogens with zero attached hydrogens (tertiary/aromatic N) is 3. The lowest BCUT2D eigenvalue weighted by Crippen LogP contribution is -2.47. The molecule has 0 unspecified atom stereocenters. The van der Waals surface area contributed by atoms with Gasteiger partial charge in [0.25, 0.3) is 5.91 Å². The van der Waals surface area contributed by atoms with Crippen molar-refractivity contribution in [1.29, 1.82) is 0 Å². The normalized spacial score (nSPS) is 14.9. The Bertz CT molecular complexity index is 1040. The SMILES string of the molecule is CCOc1ccc(N(C(=O)c2cnsn2)[C@@H](C(=O)NC2CCCCC2)c2ccccc2)cc1. The van der Waals surface area contributed by atoms with Crippen LogP contribution >= 0.6 is 11.7 Å². The van der Waals surface area contributed by atoms with Crippen molar-refractivity contribution in [2.75, 3.05) is 11.5 Å². The zero-order valence-electron chi connectivity index (χ0n) is 18.6. The highest BCUT2D eigenvalue weighted by atomic mass is 32.1. The molecule has 1 saturated carbocycles. The molecule has 0 spiro atoms. The maximum Gasteiger partial charge on any atom is 0.280 e. The molecule has 0 aliphatic heterocycles. The molecule has 172 valence electrons. The second-order valence-corrected chi connectivity index (χ2v) is 8.61. The molecule has 1 aliphatic rings. The van der Waals surface area contributed by atoms with Crippen LogP contribution in [0.25, 0.3) is 0 Å². The van der Waals surface area contributed by atoms with E-state index in [2.05, 4.69) is 14.1 Å². The number of anilines is 1. The van der Waals surface area contributed by atoms with Crippen LogP contribution in [0.15, 0.2) is 60.8 Å². The lowest BCUT2D eigenvalue weighted by molar-refractivity contribution is -0.123. The highest BCUT2D eigenvalue weighted by Gasteiger charge is 2.35. The summed E-state index contributed by atoms with van der Waals surface area (Å²) in [6.45, 7) is 2.46. The molecule has 1 aliphatic carbocycles. The van der Waals surface area contributed by atoms with E-state index in [1.165, 1.54) is 17.5 Å². The highest BCUT2D eigenvalue weighted by molar-refractivity contribution is 6.99. The Morgan fingerprint density at radius 2 is 1.82 bits per heavy atom. The molecule has 1 fully saturated rings. The molecule has 0 radical (unpaired) electrons. The summed E-state index contributed by atoms with van der Waals surface area (Å²) in [5.41, 5.74) is 1.53. The Morgan fingerprint density at radius 1 is 1.09 bits per heavy atom. The Labute approximate surface area is 198 Å². The summed E-state index contributed by atoms with van der Waals surface area (Å²) in [7, 11) is 0. The van der Waals surface area contributed by atoms with Crippen molar-refractivity contribution < 1.29 is 14.3 Å². The molecule has 33 heavy (non-hydrogen) atoms. The number of ether oxygens (including phenoxy) is 1. The van der Waals surface area contributed by atoms with Crippen molar-refractivity contribution in [2.24, 2.45) is 0 Å². The first-order valence-corrected chi connectivity index (χ1v) is 12.1. The van der Waals surface area contributed by atoms with E-state index in [-0.39, 0.29) is 23.6 Å². The van der Waals surface area contributed by atoms with Crippen molar-refractivity contribution >= 4 is 29.2 Å². The van der Waals surface area contributed by atoms with E-state index in [1.54, 1.807) is 24.3 Å². The second kappa shape index (κ2) is 11.0. The van der Waals surface area contributed by atoms with Gasteiger partial charge >= 0.3 is 0 Å². The number of amides is 2. The van der Waals surface area contributed by atoms with Crippen molar-refractivity contribution in [3.63, 3.8) is 0 Å². The smallest absolute Gasteiger partial charge is 0.280 e. The highest BCUT2D eigenvalue weighted by Crippen LogP contribution is 2.31. The van der Waals surface area contributed by atoms with Gasteiger partial charge < -0.3 is 10.1 Å². The van der Waals surface area contributed by atoms with Crippen molar-refractivity contribution in [3.8, 4) is 5.75 Å². The molecular formula is C25H28N4O3S. The van der Waals surface area contributed by atoms with E-state index in [9.17, 15) is 9.59 Å². The standard InChI is InChI=1S/C25H28N4O3S/c1-2-32-21-15-13-20(14-16-21)29(25(31)22-17-26-33-28-22)23(18-9-5-3-6-10-18)24(30)27-19-11-7-4-8-12-19/h3,5-6,9-10,13-17,19,23H,2,4,7-8,11-12H2,1H3,(H,27,30)/t23-/m1/s1. The Balaban J connectivity index is 1.74. The zero-order valence-corrected chi connectivity index (χ0v) is 19.5. The van der Waals surface area contributed by atoms with Crippen LogP contribution in [0.4, 0.5) is 5.69 Å². The maximum atomic E-state index is 13.7. The molecule has 4 rings (SSSR count). The van der Waals surface area contributed by atoms with Crippen LogP contribution in [0.1, 0.15) is 61.1 Å². The third-order valence-electron chi connectivity index (χ3n) is 5.80. The fourth-order valence-electron chi connectivity index (χ4n) is 4.22. The molecule has 3 aromatic rings. The van der Waals surface area contributed by atoms with Gasteiger partial charge in [0.2, 0.25) is 5.91 Å². The fraction of sp³-hybridized carbons (Fsp3) is 0.360. The minimum absolute atomic E-state index is 0.121. The zero-order chi connectivity index (χ0) is 23.0. The first-order chi connectivity index (χ1) is 16.2. The summed E-state index contributed by atoms with van der Waals surface area (Å²) in [5.74, 6) is 0.131. The van der Waals surface area contributed by atoms with Crippen LogP contribution in [-0.2, 0) is 4.79 Å². The molecule has 2 amide bonds. The summed E-state index contributed by atoms with van der Waals surface area (Å²) in [6, 6.07) is 15.9. The maximum absolute atomic E-state index is 13.7. The van der Waals surface area contributed by atoms with Crippen molar-refractivity contribution in [1.82, 2.24) is 14.1 Å². The molecule has 2 aromatic carbocycles. The number of carbonyl (C=O) groups excluding carboxylic acids is 2. The largest absolute Gasteiger partial charge is 0.494 e. The monoisotopic (exact) mass is 464 g/mol. The van der Waals surface area contributed by atoms with Gasteiger partial charge in [0.1, 0.15) is 11.8 Å². The van der Waals surface area contributed by atoms with Gasteiger partial charge in [0, 0.05) is 11.7 Å². The van der Waals surface area contributed by atoms with Crippen LogP contribution in [0.5, 0.6) is 5.75 Å². The van der Waals surface area contributed by atoms with Gasteiger partial charge in [-0.1, -0.05) is 49.6 Å².